The fourth-order valence-electron chi connectivity index (χ4n) is 1.92. The molecule has 0 spiro atoms. The summed E-state index contributed by atoms with van der Waals surface area (Å²) in [6.45, 7) is 0. The van der Waals surface area contributed by atoms with E-state index in [4.69, 9.17) is 0 Å². The normalized spacial score (nSPS) is 13.2. The number of hydrogen-bond donors (Lipinski definition) is 0. The Labute approximate surface area is 92.5 Å². The van der Waals surface area contributed by atoms with Crippen molar-refractivity contribution in [2.45, 2.75) is 0 Å². The van der Waals surface area contributed by atoms with Gasteiger partial charge < -0.3 is 0 Å². The van der Waals surface area contributed by atoms with Crippen molar-refractivity contribution in [1.29, 1.82) is 0 Å². The first-order valence-electron chi connectivity index (χ1n) is 4.88. The summed E-state index contributed by atoms with van der Waals surface area (Å²) in [5.41, 5.74) is 1.78. The molecule has 0 fully saturated rings. The van der Waals surface area contributed by atoms with Crippen molar-refractivity contribution in [2.24, 2.45) is 0 Å². The van der Waals surface area contributed by atoms with Crippen LogP contribution in [0.15, 0.2) is 36.4 Å². The molecule has 0 saturated heterocycles. The minimum absolute atomic E-state index is 0.115. The van der Waals surface area contributed by atoms with Gasteiger partial charge in [-0.3, -0.25) is 9.59 Å². The van der Waals surface area contributed by atoms with Crippen LogP contribution in [0.2, 0.25) is 0 Å². The van der Waals surface area contributed by atoms with Crippen molar-refractivity contribution < 1.29 is 9.59 Å². The number of ketones is 2. The van der Waals surface area contributed by atoms with Crippen molar-refractivity contribution in [3.05, 3.63) is 70.8 Å². The van der Waals surface area contributed by atoms with Gasteiger partial charge in [0.25, 0.3) is 0 Å². The van der Waals surface area contributed by atoms with E-state index in [1.54, 1.807) is 36.4 Å². The fraction of sp³-hybridized carbons (Fsp3) is 0. The van der Waals surface area contributed by atoms with Gasteiger partial charge in [-0.25, -0.2) is 0 Å². The Morgan fingerprint density at radius 3 is 1.56 bits per heavy atom. The summed E-state index contributed by atoms with van der Waals surface area (Å²) in [4.78, 5) is 24.1. The maximum absolute atomic E-state index is 12.1. The molecule has 16 heavy (non-hydrogen) atoms. The smallest absolute Gasteiger partial charge is 0.194 e. The van der Waals surface area contributed by atoms with E-state index in [2.05, 4.69) is 12.1 Å². The molecule has 74 valence electrons. The summed E-state index contributed by atoms with van der Waals surface area (Å²) in [5, 5.41) is 0. The van der Waals surface area contributed by atoms with Gasteiger partial charge in [-0.1, -0.05) is 12.1 Å². The molecule has 2 heteroatoms. The van der Waals surface area contributed by atoms with E-state index in [-0.39, 0.29) is 11.6 Å². The molecular formula is C14H6O2. The molecule has 1 aliphatic rings. The summed E-state index contributed by atoms with van der Waals surface area (Å²) < 4.78 is 0. The zero-order valence-corrected chi connectivity index (χ0v) is 8.28. The molecule has 0 N–H and O–H groups in total. The number of carbonyl (C=O) groups is 2. The van der Waals surface area contributed by atoms with Gasteiger partial charge in [0.05, 0.1) is 0 Å². The van der Waals surface area contributed by atoms with E-state index in [9.17, 15) is 9.59 Å². The van der Waals surface area contributed by atoms with E-state index in [1.807, 2.05) is 0 Å². The summed E-state index contributed by atoms with van der Waals surface area (Å²) in [5.74, 6) is -0.231. The quantitative estimate of drug-likeness (QED) is 0.564. The molecule has 1 aliphatic carbocycles. The predicted octanol–water partition coefficient (Wildman–Crippen LogP) is 2.06. The zero-order valence-electron chi connectivity index (χ0n) is 8.28. The molecule has 0 unspecified atom stereocenters. The first kappa shape index (κ1) is 9.04. The Balaban J connectivity index is 2.35. The molecule has 2 aromatic rings. The van der Waals surface area contributed by atoms with Crippen molar-refractivity contribution in [3.8, 4) is 0 Å². The lowest BCUT2D eigenvalue weighted by molar-refractivity contribution is 0.0979. The summed E-state index contributed by atoms with van der Waals surface area (Å²) in [6.07, 6.45) is 0. The molecule has 0 bridgehead atoms. The SMILES string of the molecule is O=C1c2c[c]ccc2C(=O)c2c[c]ccc21. The Morgan fingerprint density at radius 2 is 1.12 bits per heavy atom. The zero-order chi connectivity index (χ0) is 11.1. The topological polar surface area (TPSA) is 34.1 Å². The monoisotopic (exact) mass is 206 g/mol. The number of fused-ring (bicyclic) bond motifs is 2. The van der Waals surface area contributed by atoms with Crippen LogP contribution in [0.5, 0.6) is 0 Å². The molecule has 2 nitrogen and oxygen atoms in total. The highest BCUT2D eigenvalue weighted by molar-refractivity contribution is 6.28. The van der Waals surface area contributed by atoms with E-state index >= 15 is 0 Å². The molecule has 2 aromatic carbocycles. The predicted molar refractivity (Wildman–Crippen MR) is 57.4 cm³/mol. The molecule has 0 aromatic heterocycles. The van der Waals surface area contributed by atoms with Crippen LogP contribution in [-0.4, -0.2) is 11.6 Å². The molecular weight excluding hydrogens is 200 g/mol. The molecule has 0 atom stereocenters. The maximum atomic E-state index is 12.1. The average Bonchev–Trinajstić information content (AvgIpc) is 2.36. The lowest BCUT2D eigenvalue weighted by Gasteiger charge is -2.16. The highest BCUT2D eigenvalue weighted by atomic mass is 16.1. The molecule has 2 radical (unpaired) electrons. The van der Waals surface area contributed by atoms with Crippen molar-refractivity contribution in [3.63, 3.8) is 0 Å². The van der Waals surface area contributed by atoms with Crippen LogP contribution >= 0.6 is 0 Å². The van der Waals surface area contributed by atoms with Crippen LogP contribution < -0.4 is 0 Å². The largest absolute Gasteiger partial charge is 0.289 e. The molecule has 0 amide bonds. The van der Waals surface area contributed by atoms with Gasteiger partial charge in [-0.05, 0) is 36.4 Å². The Kier molecular flexibility index (Phi) is 1.77. The van der Waals surface area contributed by atoms with E-state index in [0.29, 0.717) is 22.3 Å². The Hall–Kier alpha value is -2.22. The Bertz CT molecular complexity index is 506. The second kappa shape index (κ2) is 3.14. The summed E-state index contributed by atoms with van der Waals surface area (Å²) in [7, 11) is 0. The highest BCUT2D eigenvalue weighted by Crippen LogP contribution is 2.26. The molecule has 0 heterocycles. The second-order valence-electron chi connectivity index (χ2n) is 3.60. The van der Waals surface area contributed by atoms with Crippen LogP contribution in [0.25, 0.3) is 0 Å². The number of rotatable bonds is 0. The third-order valence-electron chi connectivity index (χ3n) is 2.71. The van der Waals surface area contributed by atoms with Crippen molar-refractivity contribution in [1.82, 2.24) is 0 Å². The molecule has 0 saturated carbocycles. The lowest BCUT2D eigenvalue weighted by Crippen LogP contribution is -2.20. The van der Waals surface area contributed by atoms with Crippen LogP contribution in [0.4, 0.5) is 0 Å². The third kappa shape index (κ3) is 1.07. The first-order valence-corrected chi connectivity index (χ1v) is 4.88. The second-order valence-corrected chi connectivity index (χ2v) is 3.60. The van der Waals surface area contributed by atoms with Crippen LogP contribution in [0.1, 0.15) is 31.8 Å². The van der Waals surface area contributed by atoms with E-state index in [0.717, 1.165) is 0 Å². The van der Waals surface area contributed by atoms with Gasteiger partial charge in [-0.2, -0.15) is 0 Å². The first-order chi connectivity index (χ1) is 7.79. The molecule has 0 aliphatic heterocycles. The number of hydrogen-bond acceptors (Lipinski definition) is 2. The van der Waals surface area contributed by atoms with Gasteiger partial charge in [-0.15, -0.1) is 0 Å². The van der Waals surface area contributed by atoms with Gasteiger partial charge in [0.15, 0.2) is 11.6 Å². The Morgan fingerprint density at radius 1 is 0.688 bits per heavy atom. The number of carbonyl (C=O) groups excluding carboxylic acids is 2. The van der Waals surface area contributed by atoms with Crippen LogP contribution in [0.3, 0.4) is 0 Å². The lowest BCUT2D eigenvalue weighted by atomic mass is 9.84. The van der Waals surface area contributed by atoms with Gasteiger partial charge in [0, 0.05) is 22.3 Å². The van der Waals surface area contributed by atoms with Crippen LogP contribution in [-0.2, 0) is 0 Å². The van der Waals surface area contributed by atoms with Gasteiger partial charge >= 0.3 is 0 Å². The minimum Gasteiger partial charge on any atom is -0.289 e. The standard InChI is InChI=1S/C14H6O2/c15-13-9-5-1-2-6-10(9)14(16)12-8-4-3-7-11(12)13/h1,4-8H. The molecule has 3 rings (SSSR count). The van der Waals surface area contributed by atoms with E-state index < -0.39 is 0 Å². The number of benzene rings is 2. The fourth-order valence-corrected chi connectivity index (χ4v) is 1.92. The van der Waals surface area contributed by atoms with Gasteiger partial charge in [0.1, 0.15) is 0 Å². The van der Waals surface area contributed by atoms with E-state index in [1.165, 1.54) is 0 Å². The van der Waals surface area contributed by atoms with Crippen molar-refractivity contribution in [2.75, 3.05) is 0 Å². The highest BCUT2D eigenvalue weighted by Gasteiger charge is 2.28. The maximum Gasteiger partial charge on any atom is 0.194 e. The summed E-state index contributed by atoms with van der Waals surface area (Å²) >= 11 is 0. The minimum atomic E-state index is -0.115. The average molecular weight is 206 g/mol. The third-order valence-corrected chi connectivity index (χ3v) is 2.71. The van der Waals surface area contributed by atoms with Crippen LogP contribution in [0, 0.1) is 12.1 Å². The van der Waals surface area contributed by atoms with Gasteiger partial charge in [0.2, 0.25) is 0 Å². The summed E-state index contributed by atoms with van der Waals surface area (Å²) in [6, 6.07) is 15.3. The van der Waals surface area contributed by atoms with Crippen molar-refractivity contribution >= 4 is 11.6 Å².